The normalized spacial score (nSPS) is 10.7. The van der Waals surface area contributed by atoms with Gasteiger partial charge in [0.1, 0.15) is 0 Å². The van der Waals surface area contributed by atoms with Crippen LogP contribution < -0.4 is 10.6 Å². The van der Waals surface area contributed by atoms with E-state index in [1.165, 1.54) is 6.26 Å². The van der Waals surface area contributed by atoms with Gasteiger partial charge in [0, 0.05) is 28.8 Å². The lowest BCUT2D eigenvalue weighted by Gasteiger charge is -2.07. The number of amides is 2. The van der Waals surface area contributed by atoms with Crippen molar-refractivity contribution in [3.8, 4) is 0 Å². The van der Waals surface area contributed by atoms with Gasteiger partial charge < -0.3 is 20.0 Å². The number of aryl methyl sites for hydroxylation is 1. The third kappa shape index (κ3) is 3.86. The summed E-state index contributed by atoms with van der Waals surface area (Å²) in [6, 6.07) is 17.5. The molecule has 0 saturated carbocycles. The van der Waals surface area contributed by atoms with Gasteiger partial charge in [-0.05, 0) is 42.8 Å². The second-order valence-corrected chi connectivity index (χ2v) is 6.81. The molecule has 0 aliphatic rings. The second kappa shape index (κ2) is 8.08. The molecule has 0 unspecified atom stereocenters. The molecule has 3 N–H and O–H groups in total. The van der Waals surface area contributed by atoms with Crippen LogP contribution in [0.1, 0.15) is 32.2 Å². The van der Waals surface area contributed by atoms with E-state index in [1.807, 2.05) is 24.3 Å². The first-order valence-electron chi connectivity index (χ1n) is 9.36. The Morgan fingerprint density at radius 2 is 1.73 bits per heavy atom. The maximum Gasteiger partial charge on any atom is 0.292 e. The minimum atomic E-state index is -0.668. The number of hydrogen-bond donors (Lipinski definition) is 3. The van der Waals surface area contributed by atoms with Gasteiger partial charge in [0.25, 0.3) is 17.6 Å². The Kier molecular flexibility index (Phi) is 5.17. The summed E-state index contributed by atoms with van der Waals surface area (Å²) in [7, 11) is 0. The number of para-hydroxylation sites is 1. The largest absolute Gasteiger partial charge is 0.459 e. The van der Waals surface area contributed by atoms with Gasteiger partial charge in [-0.15, -0.1) is 0 Å². The summed E-state index contributed by atoms with van der Waals surface area (Å²) in [5, 5.41) is 6.10. The molecule has 4 aromatic rings. The third-order valence-electron chi connectivity index (χ3n) is 4.74. The van der Waals surface area contributed by atoms with E-state index in [9.17, 15) is 14.4 Å². The molecule has 0 bridgehead atoms. The number of fused-ring (bicyclic) bond motifs is 1. The molecule has 4 rings (SSSR count). The molecule has 0 radical (unpaired) electrons. The van der Waals surface area contributed by atoms with Gasteiger partial charge in [-0.1, -0.05) is 30.3 Å². The maximum atomic E-state index is 12.7. The Balaban J connectivity index is 1.38. The predicted molar refractivity (Wildman–Crippen MR) is 112 cm³/mol. The molecule has 2 aromatic heterocycles. The van der Waals surface area contributed by atoms with Crippen molar-refractivity contribution >= 4 is 34.2 Å². The zero-order chi connectivity index (χ0) is 21.1. The number of aromatic nitrogens is 1. The highest BCUT2D eigenvalue weighted by Gasteiger charge is 2.22. The van der Waals surface area contributed by atoms with Gasteiger partial charge in [-0.3, -0.25) is 14.4 Å². The van der Waals surface area contributed by atoms with E-state index in [0.29, 0.717) is 16.9 Å². The monoisotopic (exact) mass is 401 g/mol. The van der Waals surface area contributed by atoms with Crippen LogP contribution in [0, 0.1) is 6.92 Å². The Hall–Kier alpha value is -4.13. The number of aromatic amines is 1. The molecule has 2 amide bonds. The highest BCUT2D eigenvalue weighted by molar-refractivity contribution is 6.45. The topological polar surface area (TPSA) is 104 Å². The van der Waals surface area contributed by atoms with Gasteiger partial charge in [0.15, 0.2) is 5.76 Å². The molecule has 0 atom stereocenters. The summed E-state index contributed by atoms with van der Waals surface area (Å²) < 4.78 is 5.05. The molecule has 0 fully saturated rings. The van der Waals surface area contributed by atoms with Crippen molar-refractivity contribution in [1.29, 1.82) is 0 Å². The maximum absolute atomic E-state index is 12.7. The minimum absolute atomic E-state index is 0.193. The van der Waals surface area contributed by atoms with E-state index in [0.717, 1.165) is 16.5 Å². The van der Waals surface area contributed by atoms with Crippen LogP contribution in [0.25, 0.3) is 10.9 Å². The summed E-state index contributed by atoms with van der Waals surface area (Å²) >= 11 is 0. The standard InChI is InChI=1S/C23H19N3O4/c1-14-20(17-5-2-3-6-18(17)25-14)21(27)23(29)24-13-15-8-10-16(11-9-15)26-22(28)19-7-4-12-30-19/h2-12,25H,13H2,1H3,(H,24,29)(H,26,28). The summed E-state index contributed by atoms with van der Waals surface area (Å²) in [5.74, 6) is -1.37. The fraction of sp³-hybridized carbons (Fsp3) is 0.0870. The van der Waals surface area contributed by atoms with Gasteiger partial charge in [0.2, 0.25) is 0 Å². The van der Waals surface area contributed by atoms with E-state index < -0.39 is 11.7 Å². The number of nitrogens with one attached hydrogen (secondary N) is 3. The number of benzene rings is 2. The first kappa shape index (κ1) is 19.2. The van der Waals surface area contributed by atoms with Crippen molar-refractivity contribution in [2.45, 2.75) is 13.5 Å². The van der Waals surface area contributed by atoms with Crippen molar-refractivity contribution in [2.24, 2.45) is 0 Å². The number of rotatable bonds is 6. The number of H-pyrrole nitrogens is 1. The lowest BCUT2D eigenvalue weighted by molar-refractivity contribution is -0.117. The number of ketones is 1. The fourth-order valence-corrected chi connectivity index (χ4v) is 3.25. The Morgan fingerprint density at radius 3 is 2.47 bits per heavy atom. The number of carbonyl (C=O) groups is 3. The average molecular weight is 401 g/mol. The Bertz CT molecular complexity index is 1220. The van der Waals surface area contributed by atoms with E-state index in [1.54, 1.807) is 43.3 Å². The molecule has 0 saturated heterocycles. The quantitative estimate of drug-likeness (QED) is 0.337. The molecule has 2 heterocycles. The van der Waals surface area contributed by atoms with Crippen LogP contribution in [0.3, 0.4) is 0 Å². The summed E-state index contributed by atoms with van der Waals surface area (Å²) in [6.07, 6.45) is 1.43. The molecular weight excluding hydrogens is 382 g/mol. The van der Waals surface area contributed by atoms with Crippen molar-refractivity contribution in [3.63, 3.8) is 0 Å². The molecule has 30 heavy (non-hydrogen) atoms. The Morgan fingerprint density at radius 1 is 0.967 bits per heavy atom. The number of furan rings is 1. The van der Waals surface area contributed by atoms with Gasteiger partial charge in [-0.25, -0.2) is 0 Å². The number of anilines is 1. The molecule has 7 nitrogen and oxygen atoms in total. The van der Waals surface area contributed by atoms with Gasteiger partial charge in [0.05, 0.1) is 11.8 Å². The highest BCUT2D eigenvalue weighted by Crippen LogP contribution is 2.22. The smallest absolute Gasteiger partial charge is 0.292 e. The zero-order valence-electron chi connectivity index (χ0n) is 16.2. The van der Waals surface area contributed by atoms with Crippen LogP contribution in [-0.4, -0.2) is 22.6 Å². The molecule has 0 aliphatic heterocycles. The SMILES string of the molecule is Cc1[nH]c2ccccc2c1C(=O)C(=O)NCc1ccc(NC(=O)c2ccco2)cc1. The molecule has 150 valence electrons. The van der Waals surface area contributed by atoms with Crippen LogP contribution in [0.15, 0.2) is 71.3 Å². The van der Waals surface area contributed by atoms with Crippen molar-refractivity contribution in [2.75, 3.05) is 5.32 Å². The fourth-order valence-electron chi connectivity index (χ4n) is 3.25. The van der Waals surface area contributed by atoms with Crippen molar-refractivity contribution in [1.82, 2.24) is 10.3 Å². The second-order valence-electron chi connectivity index (χ2n) is 6.81. The number of hydrogen-bond acceptors (Lipinski definition) is 4. The molecule has 0 spiro atoms. The van der Waals surface area contributed by atoms with Crippen molar-refractivity contribution < 1.29 is 18.8 Å². The van der Waals surface area contributed by atoms with E-state index >= 15 is 0 Å². The summed E-state index contributed by atoms with van der Waals surface area (Å²) in [5.41, 5.74) is 3.25. The lowest BCUT2D eigenvalue weighted by Crippen LogP contribution is -2.30. The number of Topliss-reactive ketones (excluding diaryl/α,β-unsaturated/α-hetero) is 1. The molecule has 2 aromatic carbocycles. The molecule has 7 heteroatoms. The van der Waals surface area contributed by atoms with E-state index in [4.69, 9.17) is 4.42 Å². The van der Waals surface area contributed by atoms with Crippen LogP contribution in [0.4, 0.5) is 5.69 Å². The third-order valence-corrected chi connectivity index (χ3v) is 4.74. The van der Waals surface area contributed by atoms with Crippen LogP contribution in [0.2, 0.25) is 0 Å². The first-order chi connectivity index (χ1) is 14.5. The van der Waals surface area contributed by atoms with Crippen LogP contribution >= 0.6 is 0 Å². The van der Waals surface area contributed by atoms with Gasteiger partial charge >= 0.3 is 0 Å². The zero-order valence-corrected chi connectivity index (χ0v) is 16.2. The highest BCUT2D eigenvalue weighted by atomic mass is 16.3. The lowest BCUT2D eigenvalue weighted by atomic mass is 10.1. The van der Waals surface area contributed by atoms with Crippen LogP contribution in [0.5, 0.6) is 0 Å². The summed E-state index contributed by atoms with van der Waals surface area (Å²) in [6.45, 7) is 1.97. The summed E-state index contributed by atoms with van der Waals surface area (Å²) in [4.78, 5) is 40.2. The van der Waals surface area contributed by atoms with E-state index in [-0.39, 0.29) is 18.2 Å². The van der Waals surface area contributed by atoms with Crippen molar-refractivity contribution in [3.05, 3.63) is 89.5 Å². The van der Waals surface area contributed by atoms with E-state index in [2.05, 4.69) is 15.6 Å². The Labute approximate surface area is 172 Å². The first-order valence-corrected chi connectivity index (χ1v) is 9.36. The molecule has 0 aliphatic carbocycles. The van der Waals surface area contributed by atoms with Gasteiger partial charge in [-0.2, -0.15) is 0 Å². The molecular formula is C23H19N3O4. The number of carbonyl (C=O) groups excluding carboxylic acids is 3. The minimum Gasteiger partial charge on any atom is -0.459 e. The predicted octanol–water partition coefficient (Wildman–Crippen LogP) is 3.82. The van der Waals surface area contributed by atoms with Crippen LogP contribution in [-0.2, 0) is 11.3 Å². The average Bonchev–Trinajstić information content (AvgIpc) is 3.40.